The Morgan fingerprint density at radius 2 is 1.71 bits per heavy atom. The summed E-state index contributed by atoms with van der Waals surface area (Å²) in [5, 5.41) is 13.7. The Hall–Kier alpha value is -3.53. The lowest BCUT2D eigenvalue weighted by molar-refractivity contribution is -0.137. The molecule has 0 aliphatic heterocycles. The number of aliphatic hydroxyl groups excluding tert-OH is 1. The molecule has 0 radical (unpaired) electrons. The molecule has 10 heteroatoms. The maximum Gasteiger partial charge on any atom is 0.418 e. The Morgan fingerprint density at radius 1 is 1.06 bits per heavy atom. The lowest BCUT2D eigenvalue weighted by atomic mass is 10.0. The van der Waals surface area contributed by atoms with Crippen molar-refractivity contribution >= 4 is 5.69 Å². The molecule has 35 heavy (non-hydrogen) atoms. The molecule has 4 rings (SSSR count). The van der Waals surface area contributed by atoms with Crippen molar-refractivity contribution in [3.63, 3.8) is 0 Å². The second-order valence-corrected chi connectivity index (χ2v) is 8.32. The van der Waals surface area contributed by atoms with E-state index in [1.807, 2.05) is 0 Å². The standard InChI is InChI=1S/C25H26F3N3O4/c1-30(9-10-32)16-7-8-21(25(26,27)28)22(13-16)31-24(33)20-6-4-5-19(20)23(29-31)15-11-17(34-2)14-18(12-15)35-3/h7-8,11-14,32H,4-6,9-10H2,1-3H3. The fourth-order valence-electron chi connectivity index (χ4n) is 4.37. The van der Waals surface area contributed by atoms with Crippen LogP contribution in [0.3, 0.4) is 0 Å². The van der Waals surface area contributed by atoms with E-state index < -0.39 is 17.3 Å². The zero-order chi connectivity index (χ0) is 25.3. The third-order valence-corrected chi connectivity index (χ3v) is 6.17. The van der Waals surface area contributed by atoms with Gasteiger partial charge in [0.2, 0.25) is 0 Å². The zero-order valence-corrected chi connectivity index (χ0v) is 19.6. The summed E-state index contributed by atoms with van der Waals surface area (Å²) in [6.45, 7) is 0.0396. The zero-order valence-electron chi connectivity index (χ0n) is 19.6. The lowest BCUT2D eigenvalue weighted by Gasteiger charge is -2.22. The number of fused-ring (bicyclic) bond motifs is 1. The summed E-state index contributed by atoms with van der Waals surface area (Å²) in [5.41, 5.74) is 0.690. The third kappa shape index (κ3) is 4.70. The van der Waals surface area contributed by atoms with Crippen molar-refractivity contribution in [2.75, 3.05) is 39.3 Å². The lowest BCUT2D eigenvalue weighted by Crippen LogP contribution is -2.29. The van der Waals surface area contributed by atoms with E-state index in [2.05, 4.69) is 5.10 Å². The number of benzene rings is 2. The summed E-state index contributed by atoms with van der Waals surface area (Å²) in [5.74, 6) is 0.989. The number of methoxy groups -OCH3 is 2. The minimum atomic E-state index is -4.71. The second-order valence-electron chi connectivity index (χ2n) is 8.32. The molecule has 2 aromatic carbocycles. The molecule has 0 spiro atoms. The van der Waals surface area contributed by atoms with Crippen LogP contribution in [0.2, 0.25) is 0 Å². The van der Waals surface area contributed by atoms with Crippen LogP contribution in [0.25, 0.3) is 16.9 Å². The van der Waals surface area contributed by atoms with Gasteiger partial charge in [0, 0.05) is 36.5 Å². The first-order chi connectivity index (χ1) is 16.7. The van der Waals surface area contributed by atoms with Gasteiger partial charge in [0.1, 0.15) is 11.5 Å². The van der Waals surface area contributed by atoms with E-state index in [9.17, 15) is 23.1 Å². The Balaban J connectivity index is 2.01. The van der Waals surface area contributed by atoms with Crippen LogP contribution >= 0.6 is 0 Å². The summed E-state index contributed by atoms with van der Waals surface area (Å²) in [6, 6.07) is 8.65. The maximum absolute atomic E-state index is 14.0. The Labute approximate surface area is 200 Å². The highest BCUT2D eigenvalue weighted by Gasteiger charge is 2.36. The smallest absolute Gasteiger partial charge is 0.418 e. The van der Waals surface area contributed by atoms with Crippen LogP contribution in [0, 0.1) is 0 Å². The molecule has 0 amide bonds. The molecule has 0 bridgehead atoms. The quantitative estimate of drug-likeness (QED) is 0.543. The van der Waals surface area contributed by atoms with Gasteiger partial charge in [-0.25, -0.2) is 0 Å². The van der Waals surface area contributed by atoms with Gasteiger partial charge in [-0.3, -0.25) is 4.79 Å². The van der Waals surface area contributed by atoms with Crippen LogP contribution in [-0.2, 0) is 19.0 Å². The molecule has 1 N–H and O–H groups in total. The van der Waals surface area contributed by atoms with Gasteiger partial charge >= 0.3 is 6.18 Å². The summed E-state index contributed by atoms with van der Waals surface area (Å²) < 4.78 is 53.6. The van der Waals surface area contributed by atoms with Gasteiger partial charge in [-0.05, 0) is 55.2 Å². The van der Waals surface area contributed by atoms with E-state index in [-0.39, 0.29) is 18.8 Å². The van der Waals surface area contributed by atoms with Crippen LogP contribution in [0.1, 0.15) is 23.1 Å². The van der Waals surface area contributed by atoms with Crippen LogP contribution < -0.4 is 19.9 Å². The molecule has 186 valence electrons. The van der Waals surface area contributed by atoms with Crippen molar-refractivity contribution in [1.82, 2.24) is 9.78 Å². The highest BCUT2D eigenvalue weighted by Crippen LogP contribution is 2.37. The van der Waals surface area contributed by atoms with Crippen molar-refractivity contribution in [2.45, 2.75) is 25.4 Å². The molecule has 0 fully saturated rings. The number of nitrogens with zero attached hydrogens (tertiary/aromatic N) is 3. The Morgan fingerprint density at radius 3 is 2.31 bits per heavy atom. The third-order valence-electron chi connectivity index (χ3n) is 6.17. The summed E-state index contributed by atoms with van der Waals surface area (Å²) in [4.78, 5) is 15.0. The van der Waals surface area contributed by atoms with Crippen LogP contribution in [0.4, 0.5) is 18.9 Å². The van der Waals surface area contributed by atoms with Gasteiger partial charge in [0.25, 0.3) is 5.56 Å². The number of likely N-dealkylation sites (N-methyl/N-ethyl adjacent to an activating group) is 1. The van der Waals surface area contributed by atoms with E-state index in [0.29, 0.717) is 53.3 Å². The van der Waals surface area contributed by atoms with Crippen molar-refractivity contribution in [1.29, 1.82) is 0 Å². The summed E-state index contributed by atoms with van der Waals surface area (Å²) in [6.07, 6.45) is -2.95. The topological polar surface area (TPSA) is 76.8 Å². The predicted octanol–water partition coefficient (Wildman–Crippen LogP) is 3.85. The Bertz CT molecular complexity index is 1280. The minimum absolute atomic E-state index is 0.175. The minimum Gasteiger partial charge on any atom is -0.497 e. The second kappa shape index (κ2) is 9.61. The molecular formula is C25H26F3N3O4. The number of rotatable bonds is 7. The number of hydrogen-bond acceptors (Lipinski definition) is 6. The molecule has 3 aromatic rings. The number of alkyl halides is 3. The van der Waals surface area contributed by atoms with Gasteiger partial charge in [-0.2, -0.15) is 23.0 Å². The molecule has 1 aliphatic rings. The molecule has 1 aliphatic carbocycles. The van der Waals surface area contributed by atoms with E-state index >= 15 is 0 Å². The number of hydrogen-bond donors (Lipinski definition) is 1. The SMILES string of the molecule is COc1cc(OC)cc(-c2nn(-c3cc(N(C)CCO)ccc3C(F)(F)F)c(=O)c3c2CCC3)c1. The monoisotopic (exact) mass is 489 g/mol. The predicted molar refractivity (Wildman–Crippen MR) is 126 cm³/mol. The van der Waals surface area contributed by atoms with Crippen molar-refractivity contribution < 1.29 is 27.8 Å². The molecule has 7 nitrogen and oxygen atoms in total. The van der Waals surface area contributed by atoms with Gasteiger partial charge in [-0.15, -0.1) is 0 Å². The van der Waals surface area contributed by atoms with Crippen molar-refractivity contribution in [2.24, 2.45) is 0 Å². The van der Waals surface area contributed by atoms with Gasteiger partial charge in [-0.1, -0.05) is 0 Å². The Kier molecular flexibility index (Phi) is 6.75. The summed E-state index contributed by atoms with van der Waals surface area (Å²) in [7, 11) is 4.65. The normalized spacial score (nSPS) is 13.0. The summed E-state index contributed by atoms with van der Waals surface area (Å²) >= 11 is 0. The van der Waals surface area contributed by atoms with E-state index in [1.54, 1.807) is 30.1 Å². The molecular weight excluding hydrogens is 463 g/mol. The molecule has 0 unspecified atom stereocenters. The molecule has 0 atom stereocenters. The van der Waals surface area contributed by atoms with Gasteiger partial charge in [0.15, 0.2) is 0 Å². The first kappa shape index (κ1) is 24.6. The van der Waals surface area contributed by atoms with E-state index in [1.165, 1.54) is 26.4 Å². The van der Waals surface area contributed by atoms with Crippen LogP contribution in [0.15, 0.2) is 41.2 Å². The molecule has 1 aromatic heterocycles. The maximum atomic E-state index is 14.0. The van der Waals surface area contributed by atoms with Gasteiger partial charge < -0.3 is 19.5 Å². The first-order valence-corrected chi connectivity index (χ1v) is 11.1. The van der Waals surface area contributed by atoms with E-state index in [0.717, 1.165) is 16.3 Å². The number of anilines is 1. The van der Waals surface area contributed by atoms with Crippen LogP contribution in [-0.4, -0.2) is 49.3 Å². The number of aliphatic hydroxyl groups is 1. The first-order valence-electron chi connectivity index (χ1n) is 11.1. The highest BCUT2D eigenvalue weighted by atomic mass is 19.4. The number of aromatic nitrogens is 2. The average Bonchev–Trinajstić information content (AvgIpc) is 3.34. The molecule has 0 saturated carbocycles. The highest BCUT2D eigenvalue weighted by molar-refractivity contribution is 5.69. The largest absolute Gasteiger partial charge is 0.497 e. The number of ether oxygens (including phenoxy) is 2. The van der Waals surface area contributed by atoms with Crippen molar-refractivity contribution in [3.8, 4) is 28.4 Å². The molecule has 0 saturated heterocycles. The van der Waals surface area contributed by atoms with E-state index in [4.69, 9.17) is 9.47 Å². The number of halogens is 3. The fraction of sp³-hybridized carbons (Fsp3) is 0.360. The van der Waals surface area contributed by atoms with Gasteiger partial charge in [0.05, 0.1) is 37.8 Å². The van der Waals surface area contributed by atoms with Crippen LogP contribution in [0.5, 0.6) is 11.5 Å². The average molecular weight is 489 g/mol. The van der Waals surface area contributed by atoms with Crippen molar-refractivity contribution in [3.05, 3.63) is 63.4 Å². The fourth-order valence-corrected chi connectivity index (χ4v) is 4.37. The molecule has 1 heterocycles.